The van der Waals surface area contributed by atoms with Crippen molar-refractivity contribution in [1.29, 1.82) is 0 Å². The van der Waals surface area contributed by atoms with Gasteiger partial charge >= 0.3 is 5.97 Å². The van der Waals surface area contributed by atoms with E-state index in [2.05, 4.69) is 0 Å². The Balaban J connectivity index is 1.75. The van der Waals surface area contributed by atoms with Gasteiger partial charge in [0.05, 0.1) is 0 Å². The molecule has 1 saturated heterocycles. The average molecular weight is 270 g/mol. The first-order valence-electron chi connectivity index (χ1n) is 7.46. The van der Waals surface area contributed by atoms with Gasteiger partial charge in [-0.1, -0.05) is 37.3 Å². The zero-order valence-electron chi connectivity index (χ0n) is 11.6. The molecule has 1 unspecified atom stereocenters. The Hall–Kier alpha value is -1.64. The van der Waals surface area contributed by atoms with E-state index in [1.165, 1.54) is 0 Å². The molecule has 3 nitrogen and oxygen atoms in total. The molecule has 104 valence electrons. The molecule has 3 fully saturated rings. The molecule has 4 rings (SSSR count). The van der Waals surface area contributed by atoms with E-state index in [-0.39, 0.29) is 23.6 Å². The van der Waals surface area contributed by atoms with Crippen LogP contribution in [-0.4, -0.2) is 17.4 Å². The van der Waals surface area contributed by atoms with Crippen LogP contribution in [0.4, 0.5) is 0 Å². The first-order chi connectivity index (χ1) is 9.63. The van der Waals surface area contributed by atoms with Gasteiger partial charge in [0.25, 0.3) is 0 Å². The van der Waals surface area contributed by atoms with Gasteiger partial charge in [-0.3, -0.25) is 9.59 Å². The van der Waals surface area contributed by atoms with Crippen LogP contribution < -0.4 is 0 Å². The van der Waals surface area contributed by atoms with Crippen LogP contribution in [0, 0.1) is 11.3 Å². The number of ketones is 1. The van der Waals surface area contributed by atoms with Gasteiger partial charge in [-0.15, -0.1) is 0 Å². The summed E-state index contributed by atoms with van der Waals surface area (Å²) in [6.45, 7) is 2.00. The number of benzene rings is 1. The highest BCUT2D eigenvalue weighted by atomic mass is 16.6. The van der Waals surface area contributed by atoms with Crippen LogP contribution in [0.25, 0.3) is 0 Å². The van der Waals surface area contributed by atoms with Crippen molar-refractivity contribution in [2.75, 3.05) is 0 Å². The van der Waals surface area contributed by atoms with E-state index in [0.29, 0.717) is 12.8 Å². The molecule has 20 heavy (non-hydrogen) atoms. The summed E-state index contributed by atoms with van der Waals surface area (Å²) in [4.78, 5) is 25.5. The lowest BCUT2D eigenvalue weighted by Crippen LogP contribution is -2.35. The van der Waals surface area contributed by atoms with Crippen LogP contribution in [0.3, 0.4) is 0 Å². The quantitative estimate of drug-likeness (QED) is 0.582. The Labute approximate surface area is 118 Å². The van der Waals surface area contributed by atoms with Gasteiger partial charge < -0.3 is 4.74 Å². The molecular formula is C17H18O3. The molecular weight excluding hydrogens is 252 g/mol. The summed E-state index contributed by atoms with van der Waals surface area (Å²) in [5.41, 5.74) is -0.582. The Kier molecular flexibility index (Phi) is 2.25. The third-order valence-corrected chi connectivity index (χ3v) is 5.58. The van der Waals surface area contributed by atoms with Crippen LogP contribution >= 0.6 is 0 Å². The molecule has 0 radical (unpaired) electrons. The van der Waals surface area contributed by atoms with Crippen molar-refractivity contribution >= 4 is 11.8 Å². The highest BCUT2D eigenvalue weighted by Crippen LogP contribution is 2.71. The molecule has 0 amide bonds. The maximum absolute atomic E-state index is 13.0. The molecule has 1 heterocycles. The van der Waals surface area contributed by atoms with E-state index in [0.717, 1.165) is 18.4 Å². The second kappa shape index (κ2) is 3.72. The molecule has 1 aromatic carbocycles. The molecule has 0 bridgehead atoms. The van der Waals surface area contributed by atoms with E-state index in [9.17, 15) is 9.59 Å². The van der Waals surface area contributed by atoms with E-state index < -0.39 is 11.0 Å². The topological polar surface area (TPSA) is 43.4 Å². The largest absolute Gasteiger partial charge is 0.450 e. The van der Waals surface area contributed by atoms with Crippen molar-refractivity contribution in [3.05, 3.63) is 35.9 Å². The minimum absolute atomic E-state index is 0.00340. The van der Waals surface area contributed by atoms with Crippen molar-refractivity contribution in [3.8, 4) is 0 Å². The maximum atomic E-state index is 13.0. The van der Waals surface area contributed by atoms with Crippen LogP contribution in [0.2, 0.25) is 0 Å². The van der Waals surface area contributed by atoms with Crippen LogP contribution in [0.5, 0.6) is 0 Å². The second-order valence-corrected chi connectivity index (χ2v) is 6.47. The number of carbonyl (C=O) groups is 2. The van der Waals surface area contributed by atoms with Gasteiger partial charge in [0.2, 0.25) is 0 Å². The van der Waals surface area contributed by atoms with Gasteiger partial charge in [-0.05, 0) is 37.2 Å². The van der Waals surface area contributed by atoms with Gasteiger partial charge in [0.15, 0.2) is 11.4 Å². The monoisotopic (exact) mass is 270 g/mol. The van der Waals surface area contributed by atoms with E-state index in [1.54, 1.807) is 0 Å². The molecule has 3 heteroatoms. The van der Waals surface area contributed by atoms with Gasteiger partial charge in [-0.25, -0.2) is 0 Å². The fourth-order valence-electron chi connectivity index (χ4n) is 4.49. The third kappa shape index (κ3) is 1.22. The zero-order chi connectivity index (χ0) is 14.0. The fourth-order valence-corrected chi connectivity index (χ4v) is 4.49. The van der Waals surface area contributed by atoms with Crippen molar-refractivity contribution < 1.29 is 14.3 Å². The maximum Gasteiger partial charge on any atom is 0.321 e. The number of hydrogen-bond acceptors (Lipinski definition) is 3. The predicted molar refractivity (Wildman–Crippen MR) is 73.1 cm³/mol. The third-order valence-electron chi connectivity index (χ3n) is 5.58. The van der Waals surface area contributed by atoms with E-state index in [4.69, 9.17) is 4.74 Å². The number of rotatable bonds is 1. The molecule has 3 aliphatic rings. The summed E-state index contributed by atoms with van der Waals surface area (Å²) >= 11 is 0. The summed E-state index contributed by atoms with van der Waals surface area (Å²) in [6, 6.07) is 9.90. The standard InChI is InChI=1S/C17H18O3/c1-11-13(12-7-3-2-4-8-12)17(11)14(18)16(20-15(17)19)9-5-6-10-16/h2-4,7-8,11,13H,5-6,9-10H2,1H3/t11-,13+,17?/m0/s1. The molecule has 2 saturated carbocycles. The van der Waals surface area contributed by atoms with Crippen molar-refractivity contribution in [2.24, 2.45) is 11.3 Å². The summed E-state index contributed by atoms with van der Waals surface area (Å²) in [7, 11) is 0. The lowest BCUT2D eigenvalue weighted by Gasteiger charge is -2.18. The number of esters is 1. The van der Waals surface area contributed by atoms with E-state index >= 15 is 0 Å². The molecule has 1 aliphatic heterocycles. The normalized spacial score (nSPS) is 37.6. The molecule has 3 atom stereocenters. The van der Waals surface area contributed by atoms with Gasteiger partial charge in [0, 0.05) is 5.92 Å². The Morgan fingerprint density at radius 2 is 1.75 bits per heavy atom. The summed E-state index contributed by atoms with van der Waals surface area (Å²) in [5, 5.41) is 0. The Morgan fingerprint density at radius 3 is 2.40 bits per heavy atom. The Morgan fingerprint density at radius 1 is 1.10 bits per heavy atom. The van der Waals surface area contributed by atoms with Gasteiger partial charge in [-0.2, -0.15) is 0 Å². The fraction of sp³-hybridized carbons (Fsp3) is 0.529. The molecule has 0 aromatic heterocycles. The summed E-state index contributed by atoms with van der Waals surface area (Å²) < 4.78 is 5.63. The first kappa shape index (κ1) is 12.1. The zero-order valence-corrected chi connectivity index (χ0v) is 11.6. The van der Waals surface area contributed by atoms with Crippen LogP contribution in [0.15, 0.2) is 30.3 Å². The minimum Gasteiger partial charge on any atom is -0.450 e. The van der Waals surface area contributed by atoms with Crippen molar-refractivity contribution in [1.82, 2.24) is 0 Å². The average Bonchev–Trinajstić information content (AvgIpc) is 2.77. The van der Waals surface area contributed by atoms with E-state index in [1.807, 2.05) is 37.3 Å². The Bertz CT molecular complexity index is 586. The molecule has 0 N–H and O–H groups in total. The molecule has 1 aromatic rings. The van der Waals surface area contributed by atoms with Crippen molar-refractivity contribution in [3.63, 3.8) is 0 Å². The molecule has 2 aliphatic carbocycles. The lowest BCUT2D eigenvalue weighted by molar-refractivity contribution is -0.152. The predicted octanol–water partition coefficient (Wildman–Crippen LogP) is 2.85. The van der Waals surface area contributed by atoms with Crippen LogP contribution in [-0.2, 0) is 14.3 Å². The van der Waals surface area contributed by atoms with Gasteiger partial charge in [0.1, 0.15) is 5.41 Å². The minimum atomic E-state index is -0.883. The number of hydrogen-bond donors (Lipinski definition) is 0. The smallest absolute Gasteiger partial charge is 0.321 e. The second-order valence-electron chi connectivity index (χ2n) is 6.47. The number of ether oxygens (including phenoxy) is 1. The number of carbonyl (C=O) groups excluding carboxylic acids is 2. The first-order valence-corrected chi connectivity index (χ1v) is 7.46. The highest BCUT2D eigenvalue weighted by Gasteiger charge is 2.80. The SMILES string of the molecule is C[C@H]1[C@H](c2ccccc2)C12C(=O)OC1(CCCC1)C2=O. The highest BCUT2D eigenvalue weighted by molar-refractivity contribution is 6.17. The lowest BCUT2D eigenvalue weighted by atomic mass is 9.85. The summed E-state index contributed by atoms with van der Waals surface area (Å²) in [6.07, 6.45) is 3.40. The van der Waals surface area contributed by atoms with Crippen LogP contribution in [0.1, 0.15) is 44.1 Å². The molecule has 2 spiro atoms. The number of Topliss-reactive ketones (excluding diaryl/α,β-unsaturated/α-hetero) is 1. The van der Waals surface area contributed by atoms with Crippen molar-refractivity contribution in [2.45, 2.75) is 44.1 Å². The summed E-state index contributed by atoms with van der Waals surface area (Å²) in [5.74, 6) is -0.145.